The van der Waals surface area contributed by atoms with E-state index in [0.29, 0.717) is 23.7 Å². The Bertz CT molecular complexity index is 541. The molecule has 136 valence electrons. The standard InChI is InChI=1S/C21H34O3/c1-12(22)16-6-7-17-15-5-4-13-10-14(23)8-9-20(13,2)19(15)18(24)11-21(16,17)3/h10,12,14-19,22-24H,4-9,11H2,1-3H3/t12-,14-,15?,16?,17?,18+,19?,20-,21+/m0/s1. The molecule has 0 aromatic rings. The van der Waals surface area contributed by atoms with Gasteiger partial charge in [-0.05, 0) is 86.4 Å². The molecule has 0 aliphatic heterocycles. The lowest BCUT2D eigenvalue weighted by atomic mass is 9.45. The van der Waals surface area contributed by atoms with Crippen molar-refractivity contribution in [3.8, 4) is 0 Å². The third-order valence-corrected chi connectivity index (χ3v) is 8.68. The second kappa shape index (κ2) is 5.56. The van der Waals surface area contributed by atoms with Crippen LogP contribution in [0.5, 0.6) is 0 Å². The summed E-state index contributed by atoms with van der Waals surface area (Å²) in [6, 6.07) is 0. The van der Waals surface area contributed by atoms with Crippen molar-refractivity contribution in [3.63, 3.8) is 0 Å². The molecule has 0 heterocycles. The van der Waals surface area contributed by atoms with Crippen molar-refractivity contribution in [1.29, 1.82) is 0 Å². The fourth-order valence-corrected chi connectivity index (χ4v) is 7.67. The predicted octanol–water partition coefficient (Wildman–Crippen LogP) is 3.28. The molecule has 3 saturated carbocycles. The Kier molecular flexibility index (Phi) is 3.95. The van der Waals surface area contributed by atoms with E-state index in [1.807, 2.05) is 6.92 Å². The minimum atomic E-state index is -0.290. The molecule has 0 aromatic heterocycles. The minimum Gasteiger partial charge on any atom is -0.393 e. The van der Waals surface area contributed by atoms with Gasteiger partial charge in [0.15, 0.2) is 0 Å². The monoisotopic (exact) mass is 334 g/mol. The fraction of sp³-hybridized carbons (Fsp3) is 0.905. The van der Waals surface area contributed by atoms with E-state index in [2.05, 4.69) is 19.9 Å². The van der Waals surface area contributed by atoms with E-state index in [9.17, 15) is 15.3 Å². The Labute approximate surface area is 146 Å². The van der Waals surface area contributed by atoms with Crippen LogP contribution in [0.4, 0.5) is 0 Å². The summed E-state index contributed by atoms with van der Waals surface area (Å²) in [4.78, 5) is 0. The number of allylic oxidation sites excluding steroid dienone is 1. The van der Waals surface area contributed by atoms with Crippen molar-refractivity contribution < 1.29 is 15.3 Å². The average molecular weight is 335 g/mol. The van der Waals surface area contributed by atoms with Gasteiger partial charge in [0.1, 0.15) is 0 Å². The van der Waals surface area contributed by atoms with Crippen LogP contribution in [0.15, 0.2) is 11.6 Å². The van der Waals surface area contributed by atoms with Crippen LogP contribution in [-0.2, 0) is 0 Å². The van der Waals surface area contributed by atoms with E-state index in [0.717, 1.165) is 38.5 Å². The number of hydrogen-bond acceptors (Lipinski definition) is 3. The van der Waals surface area contributed by atoms with Gasteiger partial charge in [-0.1, -0.05) is 25.5 Å². The zero-order chi connectivity index (χ0) is 17.3. The summed E-state index contributed by atoms with van der Waals surface area (Å²) in [6.07, 6.45) is 8.44. The van der Waals surface area contributed by atoms with Gasteiger partial charge in [-0.3, -0.25) is 0 Å². The molecule has 3 fully saturated rings. The normalized spacial score (nSPS) is 55.2. The first-order valence-corrected chi connectivity index (χ1v) is 10.0. The summed E-state index contributed by atoms with van der Waals surface area (Å²) < 4.78 is 0. The van der Waals surface area contributed by atoms with Gasteiger partial charge in [0.05, 0.1) is 18.3 Å². The molecule has 24 heavy (non-hydrogen) atoms. The van der Waals surface area contributed by atoms with Crippen LogP contribution in [0.3, 0.4) is 0 Å². The molecule has 4 rings (SSSR count). The summed E-state index contributed by atoms with van der Waals surface area (Å²) >= 11 is 0. The van der Waals surface area contributed by atoms with E-state index in [1.165, 1.54) is 12.0 Å². The highest BCUT2D eigenvalue weighted by Gasteiger charge is 2.62. The largest absolute Gasteiger partial charge is 0.393 e. The predicted molar refractivity (Wildman–Crippen MR) is 94.3 cm³/mol. The molecular weight excluding hydrogens is 300 g/mol. The lowest BCUT2D eigenvalue weighted by Gasteiger charge is -2.60. The van der Waals surface area contributed by atoms with E-state index in [4.69, 9.17) is 0 Å². The third-order valence-electron chi connectivity index (χ3n) is 8.68. The zero-order valence-corrected chi connectivity index (χ0v) is 15.4. The molecule has 0 amide bonds. The molecule has 4 aliphatic rings. The van der Waals surface area contributed by atoms with Gasteiger partial charge in [0.25, 0.3) is 0 Å². The zero-order valence-electron chi connectivity index (χ0n) is 15.4. The van der Waals surface area contributed by atoms with Gasteiger partial charge in [-0.25, -0.2) is 0 Å². The van der Waals surface area contributed by atoms with E-state index in [-0.39, 0.29) is 29.1 Å². The molecule has 0 radical (unpaired) electrons. The minimum absolute atomic E-state index is 0.0613. The van der Waals surface area contributed by atoms with Crippen LogP contribution >= 0.6 is 0 Å². The van der Waals surface area contributed by atoms with Gasteiger partial charge < -0.3 is 15.3 Å². The Morgan fingerprint density at radius 3 is 2.58 bits per heavy atom. The highest BCUT2D eigenvalue weighted by Crippen LogP contribution is 2.67. The Morgan fingerprint density at radius 1 is 1.12 bits per heavy atom. The number of hydrogen-bond donors (Lipinski definition) is 3. The SMILES string of the molecule is C[C@H](O)C1CCC2C3CCC4=C[C@@H](O)CC[C@]4(C)C3[C@H](O)C[C@@]21C. The molecule has 3 heteroatoms. The molecular formula is C21H34O3. The first-order valence-electron chi connectivity index (χ1n) is 10.0. The maximum Gasteiger partial charge on any atom is 0.0724 e. The van der Waals surface area contributed by atoms with Crippen molar-refractivity contribution in [2.24, 2.45) is 34.5 Å². The summed E-state index contributed by atoms with van der Waals surface area (Å²) in [5.74, 6) is 1.86. The van der Waals surface area contributed by atoms with Crippen molar-refractivity contribution >= 4 is 0 Å². The first kappa shape index (κ1) is 17.1. The molecule has 9 atom stereocenters. The molecule has 0 spiro atoms. The van der Waals surface area contributed by atoms with Gasteiger partial charge in [-0.2, -0.15) is 0 Å². The van der Waals surface area contributed by atoms with Crippen molar-refractivity contribution in [3.05, 3.63) is 11.6 Å². The van der Waals surface area contributed by atoms with Crippen LogP contribution in [0.2, 0.25) is 0 Å². The Hall–Kier alpha value is -0.380. The van der Waals surface area contributed by atoms with E-state index < -0.39 is 0 Å². The average Bonchev–Trinajstić information content (AvgIpc) is 2.84. The van der Waals surface area contributed by atoms with Gasteiger partial charge in [0, 0.05) is 0 Å². The molecule has 3 nitrogen and oxygen atoms in total. The molecule has 4 aliphatic carbocycles. The number of rotatable bonds is 1. The maximum absolute atomic E-state index is 11.2. The molecule has 0 aromatic carbocycles. The summed E-state index contributed by atoms with van der Waals surface area (Å²) in [7, 11) is 0. The fourth-order valence-electron chi connectivity index (χ4n) is 7.67. The second-order valence-electron chi connectivity index (χ2n) is 9.75. The summed E-state index contributed by atoms with van der Waals surface area (Å²) in [5.41, 5.74) is 1.54. The lowest BCUT2D eigenvalue weighted by molar-refractivity contribution is -0.138. The van der Waals surface area contributed by atoms with Crippen LogP contribution in [-0.4, -0.2) is 33.6 Å². The smallest absolute Gasteiger partial charge is 0.0724 e. The van der Waals surface area contributed by atoms with E-state index >= 15 is 0 Å². The van der Waals surface area contributed by atoms with Crippen LogP contribution in [0, 0.1) is 34.5 Å². The Balaban J connectivity index is 1.70. The Morgan fingerprint density at radius 2 is 1.88 bits per heavy atom. The number of fused-ring (bicyclic) bond motifs is 5. The maximum atomic E-state index is 11.2. The van der Waals surface area contributed by atoms with Crippen molar-refractivity contribution in [1.82, 2.24) is 0 Å². The van der Waals surface area contributed by atoms with Crippen LogP contribution in [0.1, 0.15) is 65.7 Å². The van der Waals surface area contributed by atoms with Gasteiger partial charge in [-0.15, -0.1) is 0 Å². The van der Waals surface area contributed by atoms with Crippen molar-refractivity contribution in [2.75, 3.05) is 0 Å². The molecule has 0 saturated heterocycles. The number of aliphatic hydroxyl groups excluding tert-OH is 3. The van der Waals surface area contributed by atoms with Gasteiger partial charge in [0.2, 0.25) is 0 Å². The number of aliphatic hydroxyl groups is 3. The third kappa shape index (κ3) is 2.20. The quantitative estimate of drug-likeness (QED) is 0.645. The molecule has 0 bridgehead atoms. The topological polar surface area (TPSA) is 60.7 Å². The highest BCUT2D eigenvalue weighted by atomic mass is 16.3. The highest BCUT2D eigenvalue weighted by molar-refractivity contribution is 5.26. The second-order valence-corrected chi connectivity index (χ2v) is 9.75. The summed E-state index contributed by atoms with van der Waals surface area (Å²) in [6.45, 7) is 6.61. The lowest BCUT2D eigenvalue weighted by Crippen LogP contribution is -2.57. The van der Waals surface area contributed by atoms with Crippen molar-refractivity contribution in [2.45, 2.75) is 84.0 Å². The van der Waals surface area contributed by atoms with Crippen LogP contribution < -0.4 is 0 Å². The molecule has 4 unspecified atom stereocenters. The van der Waals surface area contributed by atoms with Crippen LogP contribution in [0.25, 0.3) is 0 Å². The van der Waals surface area contributed by atoms with Gasteiger partial charge >= 0.3 is 0 Å². The van der Waals surface area contributed by atoms with E-state index in [1.54, 1.807) is 0 Å². The summed E-state index contributed by atoms with van der Waals surface area (Å²) in [5, 5.41) is 31.5. The first-order chi connectivity index (χ1) is 11.3. The molecule has 3 N–H and O–H groups in total.